The maximum absolute atomic E-state index is 11.6. The molecule has 3 N–H and O–H groups in total. The Morgan fingerprint density at radius 1 is 1.22 bits per heavy atom. The zero-order chi connectivity index (χ0) is 15.4. The van der Waals surface area contributed by atoms with Crippen LogP contribution in [0.2, 0.25) is 0 Å². The second-order valence-electron chi connectivity index (χ2n) is 6.57. The summed E-state index contributed by atoms with van der Waals surface area (Å²) in [5.74, 6) is 1.02. The molecule has 1 aliphatic carbocycles. The highest BCUT2D eigenvalue weighted by atomic mass is 127. The van der Waals surface area contributed by atoms with E-state index in [9.17, 15) is 4.79 Å². The van der Waals surface area contributed by atoms with E-state index < -0.39 is 0 Å². The van der Waals surface area contributed by atoms with Gasteiger partial charge in [-0.2, -0.15) is 0 Å². The van der Waals surface area contributed by atoms with E-state index in [0.29, 0.717) is 37.3 Å². The minimum Gasteiger partial charge on any atom is -0.373 e. The molecule has 2 heterocycles. The van der Waals surface area contributed by atoms with Gasteiger partial charge in [0, 0.05) is 25.6 Å². The van der Waals surface area contributed by atoms with Crippen LogP contribution in [-0.4, -0.2) is 49.2 Å². The number of amides is 1. The van der Waals surface area contributed by atoms with Crippen LogP contribution in [0.4, 0.5) is 0 Å². The average Bonchev–Trinajstić information content (AvgIpc) is 3.06. The lowest BCUT2D eigenvalue weighted by Gasteiger charge is -2.22. The summed E-state index contributed by atoms with van der Waals surface area (Å²) in [5.41, 5.74) is 0. The van der Waals surface area contributed by atoms with E-state index >= 15 is 0 Å². The van der Waals surface area contributed by atoms with Crippen molar-refractivity contribution in [3.8, 4) is 0 Å². The molecule has 1 amide bonds. The lowest BCUT2D eigenvalue weighted by atomic mass is 9.96. The standard InChI is InChI=1S/C16H28N4O2.HI/c1-2-17-16(20-13-10-12-7-8-14(13)22-12)18-9-3-4-15(21)19-11-5-6-11;/h11-14H,2-10H2,1H3,(H,19,21)(H2,17,18,20);1H. The number of rotatable bonds is 7. The first kappa shape index (κ1) is 18.8. The number of ether oxygens (including phenoxy) is 1. The number of aliphatic imine (C=N–C) groups is 1. The van der Waals surface area contributed by atoms with Gasteiger partial charge >= 0.3 is 0 Å². The maximum Gasteiger partial charge on any atom is 0.220 e. The van der Waals surface area contributed by atoms with Crippen LogP contribution in [0.1, 0.15) is 51.9 Å². The molecule has 0 aromatic rings. The van der Waals surface area contributed by atoms with E-state index in [1.54, 1.807) is 0 Å². The third-order valence-electron chi connectivity index (χ3n) is 4.55. The van der Waals surface area contributed by atoms with E-state index in [2.05, 4.69) is 27.9 Å². The van der Waals surface area contributed by atoms with E-state index in [4.69, 9.17) is 4.74 Å². The fraction of sp³-hybridized carbons (Fsp3) is 0.875. The number of guanidine groups is 1. The highest BCUT2D eigenvalue weighted by Gasteiger charge is 2.41. The Bertz CT molecular complexity index is 428. The lowest BCUT2D eigenvalue weighted by molar-refractivity contribution is -0.121. The number of hydrogen-bond acceptors (Lipinski definition) is 3. The van der Waals surface area contributed by atoms with Crippen molar-refractivity contribution in [3.63, 3.8) is 0 Å². The van der Waals surface area contributed by atoms with Gasteiger partial charge in [0.25, 0.3) is 0 Å². The van der Waals surface area contributed by atoms with E-state index in [1.807, 2.05) is 0 Å². The van der Waals surface area contributed by atoms with Gasteiger partial charge in [0.05, 0.1) is 18.2 Å². The van der Waals surface area contributed by atoms with Crippen molar-refractivity contribution in [2.75, 3.05) is 13.1 Å². The summed E-state index contributed by atoms with van der Waals surface area (Å²) in [6.45, 7) is 3.59. The summed E-state index contributed by atoms with van der Waals surface area (Å²) in [5, 5.41) is 9.78. The summed E-state index contributed by atoms with van der Waals surface area (Å²) < 4.78 is 5.87. The molecule has 2 saturated heterocycles. The Morgan fingerprint density at radius 2 is 2.04 bits per heavy atom. The first-order valence-corrected chi connectivity index (χ1v) is 8.74. The summed E-state index contributed by atoms with van der Waals surface area (Å²) >= 11 is 0. The molecule has 6 nitrogen and oxygen atoms in total. The Kier molecular flexibility index (Phi) is 7.39. The van der Waals surface area contributed by atoms with E-state index in [1.165, 1.54) is 6.42 Å². The maximum atomic E-state index is 11.6. The number of carbonyl (C=O) groups excluding carboxylic acids is 1. The van der Waals surface area contributed by atoms with Gasteiger partial charge in [-0.15, -0.1) is 24.0 Å². The molecule has 0 aromatic carbocycles. The van der Waals surface area contributed by atoms with E-state index in [-0.39, 0.29) is 29.9 Å². The van der Waals surface area contributed by atoms with Gasteiger partial charge in [-0.25, -0.2) is 0 Å². The molecule has 3 atom stereocenters. The third kappa shape index (κ3) is 5.77. The smallest absolute Gasteiger partial charge is 0.220 e. The van der Waals surface area contributed by atoms with Crippen LogP contribution < -0.4 is 16.0 Å². The molecule has 7 heteroatoms. The minimum atomic E-state index is 0. The Balaban J connectivity index is 0.00000192. The molecule has 0 radical (unpaired) electrons. The predicted molar refractivity (Wildman–Crippen MR) is 101 cm³/mol. The summed E-state index contributed by atoms with van der Waals surface area (Å²) in [6.07, 6.45) is 7.87. The van der Waals surface area contributed by atoms with Crippen LogP contribution in [0.15, 0.2) is 4.99 Å². The third-order valence-corrected chi connectivity index (χ3v) is 4.55. The summed E-state index contributed by atoms with van der Waals surface area (Å²) in [4.78, 5) is 16.2. The zero-order valence-corrected chi connectivity index (χ0v) is 16.2. The van der Waals surface area contributed by atoms with Crippen LogP contribution in [0.3, 0.4) is 0 Å². The minimum absolute atomic E-state index is 0. The molecule has 3 aliphatic rings. The second kappa shape index (κ2) is 9.05. The fourth-order valence-corrected chi connectivity index (χ4v) is 3.24. The van der Waals surface area contributed by atoms with Crippen molar-refractivity contribution < 1.29 is 9.53 Å². The molecular weight excluding hydrogens is 407 g/mol. The van der Waals surface area contributed by atoms with E-state index in [0.717, 1.165) is 44.6 Å². The quantitative estimate of drug-likeness (QED) is 0.245. The van der Waals surface area contributed by atoms with Crippen molar-refractivity contribution in [1.29, 1.82) is 0 Å². The number of nitrogens with zero attached hydrogens (tertiary/aromatic N) is 1. The van der Waals surface area contributed by atoms with Crippen LogP contribution in [0, 0.1) is 0 Å². The monoisotopic (exact) mass is 436 g/mol. The van der Waals surface area contributed by atoms with Gasteiger partial charge in [0.2, 0.25) is 5.91 Å². The Morgan fingerprint density at radius 3 is 2.65 bits per heavy atom. The first-order chi connectivity index (χ1) is 10.7. The molecule has 0 spiro atoms. The first-order valence-electron chi connectivity index (χ1n) is 8.74. The average molecular weight is 436 g/mol. The second-order valence-corrected chi connectivity index (χ2v) is 6.57. The van der Waals surface area contributed by atoms with Crippen molar-refractivity contribution in [2.45, 2.75) is 76.2 Å². The molecular formula is C16H29IN4O2. The number of carbonyl (C=O) groups is 1. The van der Waals surface area contributed by atoms with Crippen LogP contribution in [0.25, 0.3) is 0 Å². The molecule has 2 aliphatic heterocycles. The zero-order valence-electron chi connectivity index (χ0n) is 13.8. The van der Waals surface area contributed by atoms with Crippen LogP contribution >= 0.6 is 24.0 Å². The van der Waals surface area contributed by atoms with Gasteiger partial charge in [0.1, 0.15) is 0 Å². The highest BCUT2D eigenvalue weighted by Crippen LogP contribution is 2.34. The normalized spacial score (nSPS) is 29.1. The fourth-order valence-electron chi connectivity index (χ4n) is 3.24. The largest absolute Gasteiger partial charge is 0.373 e. The van der Waals surface area contributed by atoms with Crippen molar-refractivity contribution in [1.82, 2.24) is 16.0 Å². The topological polar surface area (TPSA) is 74.8 Å². The van der Waals surface area contributed by atoms with Gasteiger partial charge < -0.3 is 20.7 Å². The summed E-state index contributed by atoms with van der Waals surface area (Å²) in [7, 11) is 0. The molecule has 132 valence electrons. The molecule has 0 aromatic heterocycles. The number of nitrogens with one attached hydrogen (secondary N) is 3. The number of halogens is 1. The summed E-state index contributed by atoms with van der Waals surface area (Å²) in [6, 6.07) is 0.836. The molecule has 3 rings (SSSR count). The van der Waals surface area contributed by atoms with Crippen molar-refractivity contribution >= 4 is 35.8 Å². The van der Waals surface area contributed by atoms with Crippen LogP contribution in [0.5, 0.6) is 0 Å². The van der Waals surface area contributed by atoms with Crippen molar-refractivity contribution in [2.24, 2.45) is 4.99 Å². The molecule has 3 unspecified atom stereocenters. The van der Waals surface area contributed by atoms with Crippen LogP contribution in [-0.2, 0) is 9.53 Å². The molecule has 2 bridgehead atoms. The highest BCUT2D eigenvalue weighted by molar-refractivity contribution is 14.0. The van der Waals surface area contributed by atoms with Gasteiger partial charge in [-0.05, 0) is 45.4 Å². The SMILES string of the molecule is CCNC(=NCCCC(=O)NC1CC1)NC1CC2CCC1O2.I. The lowest BCUT2D eigenvalue weighted by Crippen LogP contribution is -2.47. The number of hydrogen-bond donors (Lipinski definition) is 3. The predicted octanol–water partition coefficient (Wildman–Crippen LogP) is 1.54. The van der Waals surface area contributed by atoms with Gasteiger partial charge in [0.15, 0.2) is 5.96 Å². The van der Waals surface area contributed by atoms with Gasteiger partial charge in [-0.1, -0.05) is 0 Å². The molecule has 3 fully saturated rings. The Labute approximate surface area is 155 Å². The molecule has 23 heavy (non-hydrogen) atoms. The van der Waals surface area contributed by atoms with Crippen molar-refractivity contribution in [3.05, 3.63) is 0 Å². The Hall–Kier alpha value is -0.570. The molecule has 1 saturated carbocycles. The number of fused-ring (bicyclic) bond motifs is 2. The van der Waals surface area contributed by atoms with Gasteiger partial charge in [-0.3, -0.25) is 9.79 Å².